The molecule has 0 fully saturated rings. The maximum atomic E-state index is 5.78. The third-order valence-electron chi connectivity index (χ3n) is 1.84. The molecule has 72 valence electrons. The van der Waals surface area contributed by atoms with Crippen LogP contribution < -0.4 is 0 Å². The van der Waals surface area contributed by atoms with Crippen molar-refractivity contribution in [2.24, 2.45) is 0 Å². The summed E-state index contributed by atoms with van der Waals surface area (Å²) in [5, 5.41) is 0.757. The Bertz CT molecular complexity index is 384. The summed E-state index contributed by atoms with van der Waals surface area (Å²) >= 11 is 5.78. The van der Waals surface area contributed by atoms with Crippen LogP contribution in [0.4, 0.5) is 0 Å². The summed E-state index contributed by atoms with van der Waals surface area (Å²) in [7, 11) is 0. The smallest absolute Gasteiger partial charge is 0.0406 e. The van der Waals surface area contributed by atoms with Crippen LogP contribution in [0, 0.1) is 0 Å². The first-order valence-electron chi connectivity index (χ1n) is 4.02. The molecular formula is C11H9Cl2N. The fourth-order valence-corrected chi connectivity index (χ4v) is 1.30. The van der Waals surface area contributed by atoms with Crippen LogP contribution in [0.15, 0.2) is 48.8 Å². The molecule has 2 rings (SSSR count). The number of pyridine rings is 1. The fourth-order valence-electron chi connectivity index (χ4n) is 1.18. The standard InChI is InChI=1S/C11H8ClN.ClH/c12-11-5-3-9(4-6-11)10-2-1-7-13-8-10;/h1-8H;1H. The highest BCUT2D eigenvalue weighted by Gasteiger charge is 1.95. The van der Waals surface area contributed by atoms with Crippen molar-refractivity contribution in [3.63, 3.8) is 0 Å². The SMILES string of the molecule is Cl.Clc1ccc(-c2cccnc2)cc1. The average molecular weight is 226 g/mol. The van der Waals surface area contributed by atoms with E-state index in [1.807, 2.05) is 42.6 Å². The Hall–Kier alpha value is -1.05. The minimum atomic E-state index is 0. The van der Waals surface area contributed by atoms with Gasteiger partial charge in [0.05, 0.1) is 0 Å². The Kier molecular flexibility index (Phi) is 3.93. The maximum Gasteiger partial charge on any atom is 0.0406 e. The highest BCUT2D eigenvalue weighted by atomic mass is 35.5. The molecule has 14 heavy (non-hydrogen) atoms. The van der Waals surface area contributed by atoms with Crippen LogP contribution >= 0.6 is 24.0 Å². The first kappa shape index (κ1) is 11.0. The largest absolute Gasteiger partial charge is 0.264 e. The molecule has 0 aliphatic carbocycles. The Morgan fingerprint density at radius 3 is 2.21 bits per heavy atom. The second-order valence-electron chi connectivity index (χ2n) is 2.75. The van der Waals surface area contributed by atoms with Crippen LogP contribution in [-0.4, -0.2) is 4.98 Å². The zero-order valence-electron chi connectivity index (χ0n) is 7.35. The van der Waals surface area contributed by atoms with Crippen molar-refractivity contribution in [1.29, 1.82) is 0 Å². The van der Waals surface area contributed by atoms with Gasteiger partial charge in [-0.15, -0.1) is 12.4 Å². The molecule has 0 amide bonds. The van der Waals surface area contributed by atoms with Gasteiger partial charge in [-0.2, -0.15) is 0 Å². The Balaban J connectivity index is 0.000000980. The molecule has 0 unspecified atom stereocenters. The lowest BCUT2D eigenvalue weighted by Crippen LogP contribution is -1.77. The zero-order valence-corrected chi connectivity index (χ0v) is 8.92. The second kappa shape index (κ2) is 4.99. The summed E-state index contributed by atoms with van der Waals surface area (Å²) in [6.07, 6.45) is 3.60. The van der Waals surface area contributed by atoms with E-state index in [2.05, 4.69) is 4.98 Å². The number of benzene rings is 1. The molecule has 0 bridgehead atoms. The number of aromatic nitrogens is 1. The van der Waals surface area contributed by atoms with E-state index in [-0.39, 0.29) is 12.4 Å². The molecule has 0 saturated carbocycles. The number of halogens is 2. The van der Waals surface area contributed by atoms with Gasteiger partial charge < -0.3 is 0 Å². The van der Waals surface area contributed by atoms with Crippen molar-refractivity contribution >= 4 is 24.0 Å². The van der Waals surface area contributed by atoms with Crippen LogP contribution in [0.5, 0.6) is 0 Å². The molecule has 1 nitrogen and oxygen atoms in total. The molecule has 0 atom stereocenters. The lowest BCUT2D eigenvalue weighted by molar-refractivity contribution is 1.33. The predicted molar refractivity (Wildman–Crippen MR) is 61.9 cm³/mol. The van der Waals surface area contributed by atoms with Gasteiger partial charge in [-0.25, -0.2) is 0 Å². The topological polar surface area (TPSA) is 12.9 Å². The predicted octanol–water partition coefficient (Wildman–Crippen LogP) is 3.82. The van der Waals surface area contributed by atoms with Gasteiger partial charge in [0.15, 0.2) is 0 Å². The minimum Gasteiger partial charge on any atom is -0.264 e. The summed E-state index contributed by atoms with van der Waals surface area (Å²) in [5.74, 6) is 0. The first-order chi connectivity index (χ1) is 6.36. The van der Waals surface area contributed by atoms with Gasteiger partial charge in [0, 0.05) is 17.4 Å². The number of hydrogen-bond donors (Lipinski definition) is 0. The molecule has 0 saturated heterocycles. The molecule has 0 aliphatic rings. The van der Waals surface area contributed by atoms with Gasteiger partial charge >= 0.3 is 0 Å². The van der Waals surface area contributed by atoms with Gasteiger partial charge in [0.25, 0.3) is 0 Å². The molecule has 1 aromatic heterocycles. The lowest BCUT2D eigenvalue weighted by atomic mass is 10.1. The molecule has 1 heterocycles. The van der Waals surface area contributed by atoms with E-state index in [9.17, 15) is 0 Å². The van der Waals surface area contributed by atoms with Gasteiger partial charge in [-0.3, -0.25) is 4.98 Å². The van der Waals surface area contributed by atoms with E-state index in [1.54, 1.807) is 6.20 Å². The third kappa shape index (κ3) is 2.47. The van der Waals surface area contributed by atoms with Crippen molar-refractivity contribution in [3.8, 4) is 11.1 Å². The van der Waals surface area contributed by atoms with Crippen LogP contribution in [0.2, 0.25) is 5.02 Å². The van der Waals surface area contributed by atoms with Crippen LogP contribution in [0.1, 0.15) is 0 Å². The summed E-state index contributed by atoms with van der Waals surface area (Å²) in [6.45, 7) is 0. The number of rotatable bonds is 1. The third-order valence-corrected chi connectivity index (χ3v) is 2.09. The van der Waals surface area contributed by atoms with E-state index in [0.717, 1.165) is 16.1 Å². The summed E-state index contributed by atoms with van der Waals surface area (Å²) in [6, 6.07) is 11.7. The molecule has 0 N–H and O–H groups in total. The fraction of sp³-hybridized carbons (Fsp3) is 0. The quantitative estimate of drug-likeness (QED) is 0.720. The Labute approximate surface area is 94.2 Å². The minimum absolute atomic E-state index is 0. The number of hydrogen-bond acceptors (Lipinski definition) is 1. The van der Waals surface area contributed by atoms with Crippen LogP contribution in [-0.2, 0) is 0 Å². The van der Waals surface area contributed by atoms with Crippen molar-refractivity contribution in [1.82, 2.24) is 4.98 Å². The van der Waals surface area contributed by atoms with Crippen molar-refractivity contribution < 1.29 is 0 Å². The number of nitrogens with zero attached hydrogens (tertiary/aromatic N) is 1. The monoisotopic (exact) mass is 225 g/mol. The second-order valence-corrected chi connectivity index (χ2v) is 3.19. The first-order valence-corrected chi connectivity index (χ1v) is 4.40. The van der Waals surface area contributed by atoms with Gasteiger partial charge in [-0.1, -0.05) is 29.8 Å². The highest BCUT2D eigenvalue weighted by Crippen LogP contribution is 2.19. The molecule has 0 aliphatic heterocycles. The van der Waals surface area contributed by atoms with Crippen molar-refractivity contribution in [2.45, 2.75) is 0 Å². The van der Waals surface area contributed by atoms with E-state index in [4.69, 9.17) is 11.6 Å². The molecule has 3 heteroatoms. The molecule has 0 spiro atoms. The maximum absolute atomic E-state index is 5.78. The zero-order chi connectivity index (χ0) is 9.10. The average Bonchev–Trinajstić information content (AvgIpc) is 2.20. The van der Waals surface area contributed by atoms with E-state index in [0.29, 0.717) is 0 Å². The van der Waals surface area contributed by atoms with E-state index in [1.165, 1.54) is 0 Å². The van der Waals surface area contributed by atoms with Crippen LogP contribution in [0.25, 0.3) is 11.1 Å². The highest BCUT2D eigenvalue weighted by molar-refractivity contribution is 6.30. The molecule has 2 aromatic rings. The summed E-state index contributed by atoms with van der Waals surface area (Å²) in [4.78, 5) is 4.05. The van der Waals surface area contributed by atoms with E-state index < -0.39 is 0 Å². The lowest BCUT2D eigenvalue weighted by Gasteiger charge is -1.99. The summed E-state index contributed by atoms with van der Waals surface area (Å²) < 4.78 is 0. The van der Waals surface area contributed by atoms with Gasteiger partial charge in [0.1, 0.15) is 0 Å². The summed E-state index contributed by atoms with van der Waals surface area (Å²) in [5.41, 5.74) is 2.25. The molecule has 0 radical (unpaired) electrons. The normalized spacial score (nSPS) is 9.21. The molecule has 1 aromatic carbocycles. The molecular weight excluding hydrogens is 217 g/mol. The van der Waals surface area contributed by atoms with Crippen molar-refractivity contribution in [3.05, 3.63) is 53.8 Å². The Morgan fingerprint density at radius 2 is 1.64 bits per heavy atom. The van der Waals surface area contributed by atoms with E-state index >= 15 is 0 Å². The van der Waals surface area contributed by atoms with Crippen LogP contribution in [0.3, 0.4) is 0 Å². The van der Waals surface area contributed by atoms with Gasteiger partial charge in [-0.05, 0) is 29.3 Å². The van der Waals surface area contributed by atoms with Crippen molar-refractivity contribution in [2.75, 3.05) is 0 Å². The Morgan fingerprint density at radius 1 is 0.929 bits per heavy atom. The van der Waals surface area contributed by atoms with Gasteiger partial charge in [0.2, 0.25) is 0 Å².